The molecule has 0 aromatic heterocycles. The van der Waals surface area contributed by atoms with E-state index < -0.39 is 5.41 Å². The summed E-state index contributed by atoms with van der Waals surface area (Å²) < 4.78 is 0. The Morgan fingerprint density at radius 3 is 2.56 bits per heavy atom. The van der Waals surface area contributed by atoms with Crippen LogP contribution in [-0.2, 0) is 9.59 Å². The van der Waals surface area contributed by atoms with Crippen molar-refractivity contribution in [3.8, 4) is 0 Å². The molecule has 1 fully saturated rings. The van der Waals surface area contributed by atoms with Gasteiger partial charge < -0.3 is 4.79 Å². The van der Waals surface area contributed by atoms with Crippen LogP contribution in [0.15, 0.2) is 0 Å². The normalized spacial score (nSPS) is 35.0. The SMILES string of the molecule is C[C@@]1(C=O)CCCC1=O. The first kappa shape index (κ1) is 6.46. The number of hydrogen-bond acceptors (Lipinski definition) is 2. The lowest BCUT2D eigenvalue weighted by molar-refractivity contribution is -0.130. The number of rotatable bonds is 1. The van der Waals surface area contributed by atoms with Crippen LogP contribution in [0.5, 0.6) is 0 Å². The maximum Gasteiger partial charge on any atom is 0.145 e. The fourth-order valence-electron chi connectivity index (χ4n) is 1.17. The van der Waals surface area contributed by atoms with Crippen LogP contribution in [0.3, 0.4) is 0 Å². The van der Waals surface area contributed by atoms with Crippen LogP contribution in [0.4, 0.5) is 0 Å². The van der Waals surface area contributed by atoms with Gasteiger partial charge in [0.25, 0.3) is 0 Å². The third-order valence-corrected chi connectivity index (χ3v) is 2.00. The van der Waals surface area contributed by atoms with E-state index in [0.29, 0.717) is 6.42 Å². The summed E-state index contributed by atoms with van der Waals surface area (Å²) in [4.78, 5) is 21.2. The highest BCUT2D eigenvalue weighted by atomic mass is 16.1. The predicted molar refractivity (Wildman–Crippen MR) is 33.0 cm³/mol. The Balaban J connectivity index is 2.78. The van der Waals surface area contributed by atoms with Crippen LogP contribution >= 0.6 is 0 Å². The third-order valence-electron chi connectivity index (χ3n) is 2.00. The zero-order valence-electron chi connectivity index (χ0n) is 5.52. The minimum absolute atomic E-state index is 0.109. The minimum Gasteiger partial charge on any atom is -0.302 e. The van der Waals surface area contributed by atoms with Gasteiger partial charge in [-0.05, 0) is 19.8 Å². The molecule has 2 nitrogen and oxygen atoms in total. The summed E-state index contributed by atoms with van der Waals surface area (Å²) in [5.74, 6) is 0.109. The third kappa shape index (κ3) is 0.889. The summed E-state index contributed by atoms with van der Waals surface area (Å²) in [6.07, 6.45) is 3.00. The van der Waals surface area contributed by atoms with Gasteiger partial charge in [0, 0.05) is 6.42 Å². The lowest BCUT2D eigenvalue weighted by atomic mass is 9.90. The van der Waals surface area contributed by atoms with E-state index in [1.807, 2.05) is 0 Å². The molecule has 0 heterocycles. The number of carbonyl (C=O) groups is 2. The van der Waals surface area contributed by atoms with Gasteiger partial charge in [-0.15, -0.1) is 0 Å². The second-order valence-electron chi connectivity index (χ2n) is 2.81. The fourth-order valence-corrected chi connectivity index (χ4v) is 1.17. The predicted octanol–water partition coefficient (Wildman–Crippen LogP) is 0.945. The van der Waals surface area contributed by atoms with E-state index in [4.69, 9.17) is 0 Å². The second-order valence-corrected chi connectivity index (χ2v) is 2.81. The summed E-state index contributed by atoms with van der Waals surface area (Å²) >= 11 is 0. The van der Waals surface area contributed by atoms with Crippen LogP contribution in [0.25, 0.3) is 0 Å². The first-order valence-electron chi connectivity index (χ1n) is 3.19. The minimum atomic E-state index is -0.625. The van der Waals surface area contributed by atoms with Crippen LogP contribution in [0, 0.1) is 5.41 Å². The summed E-state index contributed by atoms with van der Waals surface area (Å²) in [5.41, 5.74) is -0.625. The van der Waals surface area contributed by atoms with Gasteiger partial charge in [0.2, 0.25) is 0 Å². The molecule has 0 radical (unpaired) electrons. The number of Topliss-reactive ketones (excluding diaryl/α,β-unsaturated/α-hetero) is 1. The number of ketones is 1. The van der Waals surface area contributed by atoms with E-state index >= 15 is 0 Å². The topological polar surface area (TPSA) is 34.1 Å². The van der Waals surface area contributed by atoms with Gasteiger partial charge in [-0.2, -0.15) is 0 Å². The molecule has 0 amide bonds. The second kappa shape index (κ2) is 1.94. The summed E-state index contributed by atoms with van der Waals surface area (Å²) in [6, 6.07) is 0. The molecule has 0 aromatic rings. The van der Waals surface area contributed by atoms with E-state index in [0.717, 1.165) is 19.1 Å². The van der Waals surface area contributed by atoms with Gasteiger partial charge in [0.15, 0.2) is 0 Å². The summed E-state index contributed by atoms with van der Waals surface area (Å²) in [6.45, 7) is 1.72. The molecule has 2 heteroatoms. The summed E-state index contributed by atoms with van der Waals surface area (Å²) in [7, 11) is 0. The molecular weight excluding hydrogens is 116 g/mol. The molecule has 0 aromatic carbocycles. The molecule has 0 unspecified atom stereocenters. The average Bonchev–Trinajstić information content (AvgIpc) is 2.15. The smallest absolute Gasteiger partial charge is 0.145 e. The molecule has 50 valence electrons. The fraction of sp³-hybridized carbons (Fsp3) is 0.714. The monoisotopic (exact) mass is 126 g/mol. The van der Waals surface area contributed by atoms with Crippen LogP contribution < -0.4 is 0 Å². The van der Waals surface area contributed by atoms with E-state index in [1.54, 1.807) is 6.92 Å². The van der Waals surface area contributed by atoms with Gasteiger partial charge in [0.05, 0.1) is 5.41 Å². The Bertz CT molecular complexity index is 151. The molecule has 1 atom stereocenters. The van der Waals surface area contributed by atoms with Crippen LogP contribution in [0.2, 0.25) is 0 Å². The molecular formula is C7H10O2. The van der Waals surface area contributed by atoms with Gasteiger partial charge in [-0.3, -0.25) is 4.79 Å². The molecule has 0 saturated heterocycles. The van der Waals surface area contributed by atoms with Crippen LogP contribution in [0.1, 0.15) is 26.2 Å². The molecule has 1 saturated carbocycles. The van der Waals surface area contributed by atoms with E-state index in [-0.39, 0.29) is 5.78 Å². The molecule has 0 N–H and O–H groups in total. The van der Waals surface area contributed by atoms with Crippen molar-refractivity contribution in [2.75, 3.05) is 0 Å². The standard InChI is InChI=1S/C7H10O2/c1-7(5-8)4-2-3-6(7)9/h5H,2-4H2,1H3/t7-/m0/s1. The van der Waals surface area contributed by atoms with Gasteiger partial charge in [-0.1, -0.05) is 0 Å². The maximum atomic E-state index is 10.9. The number of aldehydes is 1. The average molecular weight is 126 g/mol. The largest absolute Gasteiger partial charge is 0.302 e. The lowest BCUT2D eigenvalue weighted by Crippen LogP contribution is -2.22. The van der Waals surface area contributed by atoms with Gasteiger partial charge in [0.1, 0.15) is 12.1 Å². The van der Waals surface area contributed by atoms with Crippen molar-refractivity contribution in [2.45, 2.75) is 26.2 Å². The number of hydrogen-bond donors (Lipinski definition) is 0. The number of carbonyl (C=O) groups excluding carboxylic acids is 2. The van der Waals surface area contributed by atoms with Crippen molar-refractivity contribution in [1.29, 1.82) is 0 Å². The van der Waals surface area contributed by atoms with Crippen molar-refractivity contribution in [2.24, 2.45) is 5.41 Å². The van der Waals surface area contributed by atoms with Crippen molar-refractivity contribution < 1.29 is 9.59 Å². The lowest BCUT2D eigenvalue weighted by Gasteiger charge is -2.10. The Kier molecular flexibility index (Phi) is 1.39. The Hall–Kier alpha value is -0.660. The molecule has 0 spiro atoms. The first-order chi connectivity index (χ1) is 4.19. The molecule has 1 aliphatic rings. The molecule has 0 aliphatic heterocycles. The highest BCUT2D eigenvalue weighted by molar-refractivity contribution is 5.99. The Labute approximate surface area is 54.2 Å². The van der Waals surface area contributed by atoms with Crippen LogP contribution in [-0.4, -0.2) is 12.1 Å². The zero-order valence-corrected chi connectivity index (χ0v) is 5.52. The Morgan fingerprint density at radius 2 is 2.33 bits per heavy atom. The van der Waals surface area contributed by atoms with Gasteiger partial charge >= 0.3 is 0 Å². The van der Waals surface area contributed by atoms with Crippen molar-refractivity contribution in [3.05, 3.63) is 0 Å². The van der Waals surface area contributed by atoms with Crippen molar-refractivity contribution in [1.82, 2.24) is 0 Å². The first-order valence-corrected chi connectivity index (χ1v) is 3.19. The quantitative estimate of drug-likeness (QED) is 0.387. The van der Waals surface area contributed by atoms with E-state index in [2.05, 4.69) is 0 Å². The van der Waals surface area contributed by atoms with Crippen molar-refractivity contribution >= 4 is 12.1 Å². The molecule has 1 rings (SSSR count). The molecule has 9 heavy (non-hydrogen) atoms. The maximum absolute atomic E-state index is 10.9. The highest BCUT2D eigenvalue weighted by Crippen LogP contribution is 2.31. The Morgan fingerprint density at radius 1 is 1.67 bits per heavy atom. The van der Waals surface area contributed by atoms with E-state index in [1.165, 1.54) is 0 Å². The highest BCUT2D eigenvalue weighted by Gasteiger charge is 2.36. The summed E-state index contributed by atoms with van der Waals surface area (Å²) in [5, 5.41) is 0. The molecule has 1 aliphatic carbocycles. The van der Waals surface area contributed by atoms with Gasteiger partial charge in [-0.25, -0.2) is 0 Å². The van der Waals surface area contributed by atoms with Crippen molar-refractivity contribution in [3.63, 3.8) is 0 Å². The zero-order chi connectivity index (χ0) is 6.91. The molecule has 0 bridgehead atoms. The van der Waals surface area contributed by atoms with E-state index in [9.17, 15) is 9.59 Å².